The Morgan fingerprint density at radius 3 is 3.13 bits per heavy atom. The van der Waals surface area contributed by atoms with Crippen LogP contribution in [-0.4, -0.2) is 22.1 Å². The van der Waals surface area contributed by atoms with Gasteiger partial charge in [-0.1, -0.05) is 5.16 Å². The summed E-state index contributed by atoms with van der Waals surface area (Å²) in [7, 11) is 0. The van der Waals surface area contributed by atoms with Crippen molar-refractivity contribution in [1.29, 1.82) is 0 Å². The van der Waals surface area contributed by atoms with Gasteiger partial charge in [-0.3, -0.25) is 4.98 Å². The number of oxime groups is 1. The van der Waals surface area contributed by atoms with Gasteiger partial charge in [-0.25, -0.2) is 0 Å². The molecule has 1 heterocycles. The number of hydrogen-bond donors (Lipinski definition) is 3. The number of pyridine rings is 1. The number of nitrogens with zero attached hydrogens (tertiary/aromatic N) is 2. The first-order valence-corrected chi connectivity index (χ1v) is 4.96. The van der Waals surface area contributed by atoms with Gasteiger partial charge in [-0.05, 0) is 30.5 Å². The van der Waals surface area contributed by atoms with Gasteiger partial charge in [0, 0.05) is 18.8 Å². The first kappa shape index (κ1) is 9.92. The van der Waals surface area contributed by atoms with E-state index in [1.807, 2.05) is 12.1 Å². The average molecular weight is 206 g/mol. The summed E-state index contributed by atoms with van der Waals surface area (Å²) in [5.74, 6) is 0.0447. The Kier molecular flexibility index (Phi) is 2.82. The normalized spacial score (nSPS) is 16.7. The molecule has 1 fully saturated rings. The molecule has 0 aromatic carbocycles. The molecule has 1 aromatic heterocycles. The van der Waals surface area contributed by atoms with E-state index in [0.717, 1.165) is 12.1 Å². The molecule has 0 unspecified atom stereocenters. The molecule has 0 atom stereocenters. The van der Waals surface area contributed by atoms with E-state index in [0.29, 0.717) is 11.7 Å². The Bertz CT molecular complexity index is 373. The second kappa shape index (κ2) is 4.27. The number of nitrogens with one attached hydrogen (secondary N) is 1. The third kappa shape index (κ3) is 2.66. The number of aromatic nitrogens is 1. The molecule has 4 N–H and O–H groups in total. The minimum atomic E-state index is 0.0447. The largest absolute Gasteiger partial charge is 0.409 e. The predicted molar refractivity (Wildman–Crippen MR) is 56.6 cm³/mol. The quantitative estimate of drug-likeness (QED) is 0.289. The van der Waals surface area contributed by atoms with Crippen molar-refractivity contribution in [3.63, 3.8) is 0 Å². The summed E-state index contributed by atoms with van der Waals surface area (Å²) in [6, 6.07) is 4.42. The van der Waals surface area contributed by atoms with Gasteiger partial charge in [-0.2, -0.15) is 0 Å². The lowest BCUT2D eigenvalue weighted by Gasteiger charge is -2.04. The molecule has 2 rings (SSSR count). The third-order valence-electron chi connectivity index (χ3n) is 2.37. The smallest absolute Gasteiger partial charge is 0.188 e. The highest BCUT2D eigenvalue weighted by Gasteiger charge is 2.19. The van der Waals surface area contributed by atoms with Crippen molar-refractivity contribution in [3.8, 4) is 0 Å². The van der Waals surface area contributed by atoms with Crippen molar-refractivity contribution < 1.29 is 5.21 Å². The monoisotopic (exact) mass is 206 g/mol. The average Bonchev–Trinajstić information content (AvgIpc) is 3.09. The van der Waals surface area contributed by atoms with Crippen molar-refractivity contribution in [2.75, 3.05) is 0 Å². The third-order valence-corrected chi connectivity index (χ3v) is 2.37. The van der Waals surface area contributed by atoms with Crippen LogP contribution in [0.1, 0.15) is 24.1 Å². The molecular weight excluding hydrogens is 192 g/mol. The molecule has 1 aliphatic carbocycles. The predicted octanol–water partition coefficient (Wildman–Crippen LogP) is 0.428. The van der Waals surface area contributed by atoms with Crippen LogP contribution in [0.3, 0.4) is 0 Å². The number of amidine groups is 1. The summed E-state index contributed by atoms with van der Waals surface area (Å²) in [6.45, 7) is 0.804. The fourth-order valence-corrected chi connectivity index (χ4v) is 1.33. The van der Waals surface area contributed by atoms with E-state index in [4.69, 9.17) is 10.9 Å². The van der Waals surface area contributed by atoms with Gasteiger partial charge in [0.1, 0.15) is 5.69 Å². The van der Waals surface area contributed by atoms with E-state index in [2.05, 4.69) is 15.5 Å². The summed E-state index contributed by atoms with van der Waals surface area (Å²) in [5, 5.41) is 14.8. The molecule has 1 aliphatic rings. The van der Waals surface area contributed by atoms with Gasteiger partial charge >= 0.3 is 0 Å². The summed E-state index contributed by atoms with van der Waals surface area (Å²) >= 11 is 0. The highest BCUT2D eigenvalue weighted by Crippen LogP contribution is 2.19. The molecule has 5 nitrogen and oxygen atoms in total. The van der Waals surface area contributed by atoms with Crippen molar-refractivity contribution >= 4 is 5.84 Å². The molecule has 1 aromatic rings. The Hall–Kier alpha value is -1.62. The maximum Gasteiger partial charge on any atom is 0.188 e. The van der Waals surface area contributed by atoms with Crippen molar-refractivity contribution in [3.05, 3.63) is 29.6 Å². The molecule has 0 radical (unpaired) electrons. The molecule has 0 aliphatic heterocycles. The highest BCUT2D eigenvalue weighted by atomic mass is 16.4. The lowest BCUT2D eigenvalue weighted by Crippen LogP contribution is -2.18. The van der Waals surface area contributed by atoms with Gasteiger partial charge in [0.25, 0.3) is 0 Å². The van der Waals surface area contributed by atoms with E-state index >= 15 is 0 Å². The zero-order valence-corrected chi connectivity index (χ0v) is 8.35. The molecule has 5 heteroatoms. The fraction of sp³-hybridized carbons (Fsp3) is 0.400. The molecular formula is C10H14N4O. The van der Waals surface area contributed by atoms with Crippen LogP contribution in [0, 0.1) is 0 Å². The van der Waals surface area contributed by atoms with Crippen LogP contribution in [0.2, 0.25) is 0 Å². The van der Waals surface area contributed by atoms with Crippen LogP contribution < -0.4 is 11.1 Å². The maximum atomic E-state index is 8.51. The van der Waals surface area contributed by atoms with Crippen LogP contribution in [0.15, 0.2) is 23.5 Å². The highest BCUT2D eigenvalue weighted by molar-refractivity contribution is 5.95. The minimum absolute atomic E-state index is 0.0447. The molecule has 15 heavy (non-hydrogen) atoms. The number of rotatable bonds is 4. The zero-order valence-electron chi connectivity index (χ0n) is 8.35. The summed E-state index contributed by atoms with van der Waals surface area (Å²) in [6.07, 6.45) is 4.19. The Morgan fingerprint density at radius 1 is 1.67 bits per heavy atom. The van der Waals surface area contributed by atoms with Gasteiger partial charge in [-0.15, -0.1) is 0 Å². The Labute approximate surface area is 88.0 Å². The summed E-state index contributed by atoms with van der Waals surface area (Å²) in [4.78, 5) is 4.01. The van der Waals surface area contributed by atoms with Crippen LogP contribution in [-0.2, 0) is 6.54 Å². The lowest BCUT2D eigenvalue weighted by atomic mass is 10.2. The minimum Gasteiger partial charge on any atom is -0.409 e. The lowest BCUT2D eigenvalue weighted by molar-refractivity contribution is 0.318. The van der Waals surface area contributed by atoms with Crippen LogP contribution >= 0.6 is 0 Å². The second-order valence-corrected chi connectivity index (χ2v) is 3.69. The second-order valence-electron chi connectivity index (χ2n) is 3.69. The van der Waals surface area contributed by atoms with E-state index in [1.54, 1.807) is 6.20 Å². The molecule has 0 bridgehead atoms. The summed E-state index contributed by atoms with van der Waals surface area (Å²) in [5.41, 5.74) is 7.05. The first-order chi connectivity index (χ1) is 7.29. The van der Waals surface area contributed by atoms with Crippen LogP contribution in [0.25, 0.3) is 0 Å². The van der Waals surface area contributed by atoms with Crippen LogP contribution in [0.5, 0.6) is 0 Å². The van der Waals surface area contributed by atoms with E-state index in [1.165, 1.54) is 12.8 Å². The van der Waals surface area contributed by atoms with E-state index in [9.17, 15) is 0 Å². The molecule has 0 saturated heterocycles. The number of nitrogens with two attached hydrogens (primary N) is 1. The first-order valence-electron chi connectivity index (χ1n) is 4.96. The fourth-order valence-electron chi connectivity index (χ4n) is 1.33. The number of hydrogen-bond acceptors (Lipinski definition) is 4. The Morgan fingerprint density at radius 2 is 2.47 bits per heavy atom. The van der Waals surface area contributed by atoms with Crippen molar-refractivity contribution in [2.24, 2.45) is 10.9 Å². The van der Waals surface area contributed by atoms with Gasteiger partial charge in [0.2, 0.25) is 0 Å². The zero-order chi connectivity index (χ0) is 10.7. The topological polar surface area (TPSA) is 83.5 Å². The maximum absolute atomic E-state index is 8.51. The molecule has 1 saturated carbocycles. The standard InChI is InChI=1S/C10H14N4O/c11-10(14-15)9-5-7(3-4-12-9)6-13-8-1-2-8/h3-5,8,13,15H,1-2,6H2,(H2,11,14). The Balaban J connectivity index is 2.03. The molecule has 80 valence electrons. The van der Waals surface area contributed by atoms with Gasteiger partial charge < -0.3 is 16.3 Å². The van der Waals surface area contributed by atoms with Crippen LogP contribution in [0.4, 0.5) is 0 Å². The summed E-state index contributed by atoms with van der Waals surface area (Å²) < 4.78 is 0. The SMILES string of the molecule is NC(=NO)c1cc(CNC2CC2)ccn1. The van der Waals surface area contributed by atoms with E-state index in [-0.39, 0.29) is 5.84 Å². The molecule has 0 amide bonds. The van der Waals surface area contributed by atoms with Gasteiger partial charge in [0.15, 0.2) is 5.84 Å². The van der Waals surface area contributed by atoms with Crippen molar-refractivity contribution in [2.45, 2.75) is 25.4 Å². The van der Waals surface area contributed by atoms with Gasteiger partial charge in [0.05, 0.1) is 0 Å². The molecule has 0 spiro atoms. The van der Waals surface area contributed by atoms with E-state index < -0.39 is 0 Å². The van der Waals surface area contributed by atoms with Crippen molar-refractivity contribution in [1.82, 2.24) is 10.3 Å².